The minimum atomic E-state index is -0.404. The van der Waals surface area contributed by atoms with Gasteiger partial charge in [-0.25, -0.2) is 4.79 Å². The summed E-state index contributed by atoms with van der Waals surface area (Å²) in [7, 11) is 2.95. The zero-order chi connectivity index (χ0) is 12.7. The fourth-order valence-corrected chi connectivity index (χ4v) is 1.40. The van der Waals surface area contributed by atoms with E-state index in [-0.39, 0.29) is 0 Å². The Morgan fingerprint density at radius 1 is 1.35 bits per heavy atom. The van der Waals surface area contributed by atoms with E-state index in [0.717, 1.165) is 0 Å². The van der Waals surface area contributed by atoms with Gasteiger partial charge in [0.15, 0.2) is 0 Å². The molecular formula is C11H18N2O4. The minimum Gasteiger partial charge on any atom is -0.464 e. The normalized spacial score (nSPS) is 10.5. The largest absolute Gasteiger partial charge is 0.464 e. The maximum Gasteiger partial charge on any atom is 0.354 e. The van der Waals surface area contributed by atoms with Gasteiger partial charge < -0.3 is 24.5 Å². The topological polar surface area (TPSA) is 75.7 Å². The number of carbonyl (C=O) groups is 1. The van der Waals surface area contributed by atoms with Crippen LogP contribution in [0, 0.1) is 0 Å². The lowest BCUT2D eigenvalue weighted by Gasteiger charge is -2.08. The molecule has 0 unspecified atom stereocenters. The SMILES string of the molecule is COCCOCCn1cc(N)cc1C(=O)OC. The number of hydrogen-bond acceptors (Lipinski definition) is 5. The zero-order valence-corrected chi connectivity index (χ0v) is 10.1. The van der Waals surface area contributed by atoms with Crippen LogP contribution in [0.5, 0.6) is 0 Å². The molecule has 0 aliphatic heterocycles. The third-order valence-corrected chi connectivity index (χ3v) is 2.22. The Morgan fingerprint density at radius 2 is 2.12 bits per heavy atom. The average Bonchev–Trinajstić information content (AvgIpc) is 2.69. The summed E-state index contributed by atoms with van der Waals surface area (Å²) < 4.78 is 16.5. The predicted molar refractivity (Wildman–Crippen MR) is 62.9 cm³/mol. The smallest absolute Gasteiger partial charge is 0.354 e. The number of nitrogen functional groups attached to an aromatic ring is 1. The van der Waals surface area contributed by atoms with Gasteiger partial charge in [0.25, 0.3) is 0 Å². The van der Waals surface area contributed by atoms with E-state index < -0.39 is 5.97 Å². The molecule has 1 aromatic rings. The standard InChI is InChI=1S/C11H18N2O4/c1-15-5-6-17-4-3-13-8-9(12)7-10(13)11(14)16-2/h7-8H,3-6,12H2,1-2H3. The molecule has 2 N–H and O–H groups in total. The molecule has 0 aliphatic carbocycles. The van der Waals surface area contributed by atoms with Crippen molar-refractivity contribution in [2.75, 3.05) is 39.8 Å². The molecule has 0 saturated carbocycles. The number of aromatic nitrogens is 1. The van der Waals surface area contributed by atoms with E-state index >= 15 is 0 Å². The second-order valence-corrected chi connectivity index (χ2v) is 3.45. The molecule has 1 heterocycles. The summed E-state index contributed by atoms with van der Waals surface area (Å²) in [5, 5.41) is 0. The molecule has 0 aliphatic rings. The molecule has 1 aromatic heterocycles. The monoisotopic (exact) mass is 242 g/mol. The Hall–Kier alpha value is -1.53. The number of methoxy groups -OCH3 is 2. The molecule has 0 bridgehead atoms. The Balaban J connectivity index is 2.49. The quantitative estimate of drug-likeness (QED) is 0.557. The summed E-state index contributed by atoms with van der Waals surface area (Å²) in [6.45, 7) is 2.12. The molecule has 0 amide bonds. The van der Waals surface area contributed by atoms with Crippen LogP contribution in [0.25, 0.3) is 0 Å². The van der Waals surface area contributed by atoms with E-state index in [2.05, 4.69) is 4.74 Å². The van der Waals surface area contributed by atoms with Crippen LogP contribution < -0.4 is 5.73 Å². The number of nitrogens with zero attached hydrogens (tertiary/aromatic N) is 1. The first-order chi connectivity index (χ1) is 8.19. The summed E-state index contributed by atoms with van der Waals surface area (Å²) in [4.78, 5) is 11.4. The maximum absolute atomic E-state index is 11.4. The van der Waals surface area contributed by atoms with E-state index in [9.17, 15) is 4.79 Å². The fraction of sp³-hybridized carbons (Fsp3) is 0.545. The van der Waals surface area contributed by atoms with E-state index in [1.54, 1.807) is 23.9 Å². The number of carbonyl (C=O) groups excluding carboxylic acids is 1. The van der Waals surface area contributed by atoms with Gasteiger partial charge in [0.2, 0.25) is 0 Å². The van der Waals surface area contributed by atoms with Crippen molar-refractivity contribution in [3.05, 3.63) is 18.0 Å². The fourth-order valence-electron chi connectivity index (χ4n) is 1.40. The second kappa shape index (κ2) is 6.93. The first-order valence-corrected chi connectivity index (χ1v) is 5.29. The number of esters is 1. The summed E-state index contributed by atoms with van der Waals surface area (Å²) >= 11 is 0. The highest BCUT2D eigenvalue weighted by Gasteiger charge is 2.12. The van der Waals surface area contributed by atoms with Crippen LogP contribution in [0.4, 0.5) is 5.69 Å². The van der Waals surface area contributed by atoms with E-state index in [1.165, 1.54) is 7.11 Å². The molecule has 6 heteroatoms. The van der Waals surface area contributed by atoms with Gasteiger partial charge in [-0.1, -0.05) is 0 Å². The third-order valence-electron chi connectivity index (χ3n) is 2.22. The van der Waals surface area contributed by atoms with Gasteiger partial charge >= 0.3 is 5.97 Å². The number of ether oxygens (including phenoxy) is 3. The number of nitrogens with two attached hydrogens (primary N) is 1. The van der Waals surface area contributed by atoms with Crippen molar-refractivity contribution in [1.82, 2.24) is 4.57 Å². The molecule has 0 radical (unpaired) electrons. The highest BCUT2D eigenvalue weighted by Crippen LogP contribution is 2.11. The van der Waals surface area contributed by atoms with Gasteiger partial charge in [0.1, 0.15) is 5.69 Å². The first-order valence-electron chi connectivity index (χ1n) is 5.29. The summed E-state index contributed by atoms with van der Waals surface area (Å²) in [5.41, 5.74) is 6.60. The lowest BCUT2D eigenvalue weighted by atomic mass is 10.4. The second-order valence-electron chi connectivity index (χ2n) is 3.45. The van der Waals surface area contributed by atoms with Crippen molar-refractivity contribution in [1.29, 1.82) is 0 Å². The van der Waals surface area contributed by atoms with Crippen LogP contribution in [0.15, 0.2) is 12.3 Å². The van der Waals surface area contributed by atoms with Crippen LogP contribution in [0.1, 0.15) is 10.5 Å². The third kappa shape index (κ3) is 4.08. The number of hydrogen-bond donors (Lipinski definition) is 1. The number of rotatable bonds is 7. The lowest BCUT2D eigenvalue weighted by Crippen LogP contribution is -2.14. The van der Waals surface area contributed by atoms with Crippen LogP contribution in [-0.4, -0.2) is 44.6 Å². The molecule has 0 atom stereocenters. The van der Waals surface area contributed by atoms with Crippen LogP contribution in [-0.2, 0) is 20.8 Å². The van der Waals surface area contributed by atoms with Crippen molar-refractivity contribution in [3.63, 3.8) is 0 Å². The first kappa shape index (κ1) is 13.5. The molecule has 0 spiro atoms. The van der Waals surface area contributed by atoms with E-state index in [0.29, 0.717) is 37.7 Å². The predicted octanol–water partition coefficient (Wildman–Crippen LogP) is 0.520. The molecular weight excluding hydrogens is 224 g/mol. The highest BCUT2D eigenvalue weighted by atomic mass is 16.5. The maximum atomic E-state index is 11.4. The summed E-state index contributed by atoms with van der Waals surface area (Å²) in [6, 6.07) is 1.58. The lowest BCUT2D eigenvalue weighted by molar-refractivity contribution is 0.0566. The van der Waals surface area contributed by atoms with Crippen molar-refractivity contribution in [2.45, 2.75) is 6.54 Å². The van der Waals surface area contributed by atoms with Crippen LogP contribution >= 0.6 is 0 Å². The van der Waals surface area contributed by atoms with E-state index in [4.69, 9.17) is 15.2 Å². The average molecular weight is 242 g/mol. The molecule has 0 aromatic carbocycles. The molecule has 1 rings (SSSR count). The molecule has 96 valence electrons. The van der Waals surface area contributed by atoms with Crippen molar-refractivity contribution < 1.29 is 19.0 Å². The van der Waals surface area contributed by atoms with Crippen LogP contribution in [0.2, 0.25) is 0 Å². The molecule has 17 heavy (non-hydrogen) atoms. The Labute approximate surface area is 100 Å². The van der Waals surface area contributed by atoms with Gasteiger partial charge in [-0.3, -0.25) is 0 Å². The highest BCUT2D eigenvalue weighted by molar-refractivity contribution is 5.88. The molecule has 0 fully saturated rings. The van der Waals surface area contributed by atoms with Crippen molar-refractivity contribution >= 4 is 11.7 Å². The van der Waals surface area contributed by atoms with Gasteiger partial charge in [0, 0.05) is 19.9 Å². The van der Waals surface area contributed by atoms with Gasteiger partial charge in [0.05, 0.1) is 32.6 Å². The zero-order valence-electron chi connectivity index (χ0n) is 10.1. The van der Waals surface area contributed by atoms with Gasteiger partial charge in [-0.05, 0) is 6.07 Å². The van der Waals surface area contributed by atoms with Crippen LogP contribution in [0.3, 0.4) is 0 Å². The van der Waals surface area contributed by atoms with Crippen molar-refractivity contribution in [2.24, 2.45) is 0 Å². The Morgan fingerprint density at radius 3 is 2.76 bits per heavy atom. The summed E-state index contributed by atoms with van der Waals surface area (Å²) in [6.07, 6.45) is 1.69. The Kier molecular flexibility index (Phi) is 5.51. The minimum absolute atomic E-state index is 0.404. The Bertz CT molecular complexity index is 362. The molecule has 0 saturated heterocycles. The van der Waals surface area contributed by atoms with E-state index in [1.807, 2.05) is 0 Å². The number of anilines is 1. The summed E-state index contributed by atoms with van der Waals surface area (Å²) in [5.74, 6) is -0.404. The van der Waals surface area contributed by atoms with Gasteiger partial charge in [-0.15, -0.1) is 0 Å². The molecule has 6 nitrogen and oxygen atoms in total. The van der Waals surface area contributed by atoms with Gasteiger partial charge in [-0.2, -0.15) is 0 Å². The van der Waals surface area contributed by atoms with Crippen molar-refractivity contribution in [3.8, 4) is 0 Å².